The molecule has 1 amide bonds. The predicted octanol–water partition coefficient (Wildman–Crippen LogP) is 2.68. The zero-order valence-electron chi connectivity index (χ0n) is 12.2. The smallest absolute Gasteiger partial charge is 0.407 e. The minimum Gasteiger partial charge on any atom is -0.444 e. The maximum Gasteiger partial charge on any atom is 0.407 e. The van der Waals surface area contributed by atoms with Crippen molar-refractivity contribution in [3.05, 3.63) is 0 Å². The minimum atomic E-state index is -0.411. The van der Waals surface area contributed by atoms with Crippen LogP contribution in [-0.4, -0.2) is 30.8 Å². The zero-order chi connectivity index (χ0) is 13.6. The second kappa shape index (κ2) is 6.98. The van der Waals surface area contributed by atoms with Crippen molar-refractivity contribution in [1.29, 1.82) is 0 Å². The van der Waals surface area contributed by atoms with Crippen molar-refractivity contribution in [2.45, 2.75) is 65.0 Å². The topological polar surface area (TPSA) is 50.4 Å². The number of hydrogen-bond donors (Lipinski definition) is 2. The van der Waals surface area contributed by atoms with Gasteiger partial charge >= 0.3 is 6.09 Å². The molecular weight excluding hydrogens is 228 g/mol. The number of ether oxygens (including phenoxy) is 1. The third-order valence-corrected chi connectivity index (χ3v) is 3.32. The molecule has 0 aromatic heterocycles. The van der Waals surface area contributed by atoms with E-state index in [4.69, 9.17) is 4.74 Å². The molecule has 0 aromatic carbocycles. The van der Waals surface area contributed by atoms with E-state index in [-0.39, 0.29) is 6.09 Å². The van der Waals surface area contributed by atoms with Crippen LogP contribution in [0.3, 0.4) is 0 Å². The fourth-order valence-electron chi connectivity index (χ4n) is 2.36. The molecule has 1 aliphatic rings. The van der Waals surface area contributed by atoms with Crippen molar-refractivity contribution in [1.82, 2.24) is 10.6 Å². The molecule has 1 saturated heterocycles. The molecule has 0 radical (unpaired) electrons. The monoisotopic (exact) mass is 256 g/mol. The molecule has 1 rings (SSSR count). The third-order valence-electron chi connectivity index (χ3n) is 3.32. The summed E-state index contributed by atoms with van der Waals surface area (Å²) in [6.45, 7) is 9.69. The van der Waals surface area contributed by atoms with Gasteiger partial charge in [-0.15, -0.1) is 0 Å². The molecule has 0 spiro atoms. The SMILES string of the molecule is CCC1CC(CCNC(=O)OC(C)(C)C)CCN1. The van der Waals surface area contributed by atoms with E-state index in [1.54, 1.807) is 0 Å². The maximum absolute atomic E-state index is 11.5. The Morgan fingerprint density at radius 3 is 2.78 bits per heavy atom. The maximum atomic E-state index is 11.5. The molecule has 2 unspecified atom stereocenters. The summed E-state index contributed by atoms with van der Waals surface area (Å²) >= 11 is 0. The average Bonchev–Trinajstić information content (AvgIpc) is 2.27. The van der Waals surface area contributed by atoms with Gasteiger partial charge in [0.15, 0.2) is 0 Å². The van der Waals surface area contributed by atoms with E-state index in [0.717, 1.165) is 25.4 Å². The Balaban J connectivity index is 2.15. The summed E-state index contributed by atoms with van der Waals surface area (Å²) in [5, 5.41) is 6.35. The summed E-state index contributed by atoms with van der Waals surface area (Å²) in [6.07, 6.45) is 4.38. The van der Waals surface area contributed by atoms with Crippen molar-refractivity contribution in [3.8, 4) is 0 Å². The van der Waals surface area contributed by atoms with Gasteiger partial charge in [-0.25, -0.2) is 4.79 Å². The molecule has 1 fully saturated rings. The molecule has 0 saturated carbocycles. The van der Waals surface area contributed by atoms with Gasteiger partial charge in [0.05, 0.1) is 0 Å². The summed E-state index contributed by atoms with van der Waals surface area (Å²) in [5.74, 6) is 0.728. The Bertz CT molecular complexity index is 261. The first-order valence-corrected chi connectivity index (χ1v) is 7.11. The predicted molar refractivity (Wildman–Crippen MR) is 73.7 cm³/mol. The highest BCUT2D eigenvalue weighted by atomic mass is 16.6. The first-order chi connectivity index (χ1) is 8.40. The van der Waals surface area contributed by atoms with Crippen molar-refractivity contribution in [3.63, 3.8) is 0 Å². The van der Waals surface area contributed by atoms with Crippen LogP contribution in [0.1, 0.15) is 53.4 Å². The second-order valence-corrected chi connectivity index (χ2v) is 6.17. The van der Waals surface area contributed by atoms with E-state index in [1.165, 1.54) is 19.3 Å². The lowest BCUT2D eigenvalue weighted by Gasteiger charge is -2.29. The lowest BCUT2D eigenvalue weighted by molar-refractivity contribution is 0.0523. The molecule has 106 valence electrons. The van der Waals surface area contributed by atoms with Crippen LogP contribution in [0.2, 0.25) is 0 Å². The Labute approximate surface area is 111 Å². The summed E-state index contributed by atoms with van der Waals surface area (Å²) in [7, 11) is 0. The quantitative estimate of drug-likeness (QED) is 0.813. The molecule has 0 aliphatic carbocycles. The van der Waals surface area contributed by atoms with Gasteiger partial charge in [-0.3, -0.25) is 0 Å². The summed E-state index contributed by atoms with van der Waals surface area (Å²) in [5.41, 5.74) is -0.411. The van der Waals surface area contributed by atoms with Crippen molar-refractivity contribution < 1.29 is 9.53 Å². The molecule has 4 nitrogen and oxygen atoms in total. The largest absolute Gasteiger partial charge is 0.444 e. The van der Waals surface area contributed by atoms with E-state index in [2.05, 4.69) is 17.6 Å². The van der Waals surface area contributed by atoms with E-state index < -0.39 is 5.60 Å². The number of piperidine rings is 1. The van der Waals surface area contributed by atoms with E-state index in [0.29, 0.717) is 6.04 Å². The molecular formula is C14H28N2O2. The Kier molecular flexibility index (Phi) is 5.93. The number of amides is 1. The molecule has 1 aliphatic heterocycles. The van der Waals surface area contributed by atoms with E-state index in [9.17, 15) is 4.79 Å². The van der Waals surface area contributed by atoms with Crippen molar-refractivity contribution in [2.24, 2.45) is 5.92 Å². The zero-order valence-corrected chi connectivity index (χ0v) is 12.2. The van der Waals surface area contributed by atoms with Crippen LogP contribution in [-0.2, 0) is 4.74 Å². The van der Waals surface area contributed by atoms with Gasteiger partial charge in [0, 0.05) is 12.6 Å². The number of nitrogens with one attached hydrogen (secondary N) is 2. The van der Waals surface area contributed by atoms with Crippen LogP contribution in [0.5, 0.6) is 0 Å². The fourth-order valence-corrected chi connectivity index (χ4v) is 2.36. The first-order valence-electron chi connectivity index (χ1n) is 7.11. The number of rotatable bonds is 4. The lowest BCUT2D eigenvalue weighted by atomic mass is 9.89. The molecule has 0 aromatic rings. The van der Waals surface area contributed by atoms with Gasteiger partial charge in [-0.05, 0) is 58.9 Å². The highest BCUT2D eigenvalue weighted by Gasteiger charge is 2.20. The number of carbonyl (C=O) groups is 1. The number of hydrogen-bond acceptors (Lipinski definition) is 3. The van der Waals surface area contributed by atoms with E-state index in [1.807, 2.05) is 20.8 Å². The van der Waals surface area contributed by atoms with Crippen LogP contribution < -0.4 is 10.6 Å². The highest BCUT2D eigenvalue weighted by Crippen LogP contribution is 2.20. The Morgan fingerprint density at radius 1 is 1.44 bits per heavy atom. The molecule has 1 heterocycles. The van der Waals surface area contributed by atoms with Gasteiger partial charge in [0.1, 0.15) is 5.60 Å². The minimum absolute atomic E-state index is 0.302. The van der Waals surface area contributed by atoms with Gasteiger partial charge < -0.3 is 15.4 Å². The van der Waals surface area contributed by atoms with Crippen LogP contribution >= 0.6 is 0 Å². The second-order valence-electron chi connectivity index (χ2n) is 6.17. The number of carbonyl (C=O) groups excluding carboxylic acids is 1. The van der Waals surface area contributed by atoms with Gasteiger partial charge in [0.25, 0.3) is 0 Å². The lowest BCUT2D eigenvalue weighted by Crippen LogP contribution is -2.39. The summed E-state index contributed by atoms with van der Waals surface area (Å²) in [6, 6.07) is 0.658. The van der Waals surface area contributed by atoms with Crippen molar-refractivity contribution in [2.75, 3.05) is 13.1 Å². The molecule has 2 N–H and O–H groups in total. The summed E-state index contributed by atoms with van der Waals surface area (Å²) < 4.78 is 5.21. The van der Waals surface area contributed by atoms with Crippen LogP contribution in [0.25, 0.3) is 0 Å². The molecule has 4 heteroatoms. The normalized spacial score (nSPS) is 24.7. The summed E-state index contributed by atoms with van der Waals surface area (Å²) in [4.78, 5) is 11.5. The average molecular weight is 256 g/mol. The standard InChI is InChI=1S/C14H28N2O2/c1-5-12-10-11(6-8-15-12)7-9-16-13(17)18-14(2,3)4/h11-12,15H,5-10H2,1-4H3,(H,16,17). The number of alkyl carbamates (subject to hydrolysis) is 1. The fraction of sp³-hybridized carbons (Fsp3) is 0.929. The van der Waals surface area contributed by atoms with Crippen LogP contribution in [0, 0.1) is 5.92 Å². The van der Waals surface area contributed by atoms with Crippen LogP contribution in [0.4, 0.5) is 4.79 Å². The molecule has 18 heavy (non-hydrogen) atoms. The van der Waals surface area contributed by atoms with Crippen molar-refractivity contribution >= 4 is 6.09 Å². The van der Waals surface area contributed by atoms with Gasteiger partial charge in [-0.1, -0.05) is 6.92 Å². The molecule has 0 bridgehead atoms. The highest BCUT2D eigenvalue weighted by molar-refractivity contribution is 5.67. The Morgan fingerprint density at radius 2 is 2.17 bits per heavy atom. The van der Waals surface area contributed by atoms with E-state index >= 15 is 0 Å². The molecule has 2 atom stereocenters. The van der Waals surface area contributed by atoms with Gasteiger partial charge in [0.2, 0.25) is 0 Å². The van der Waals surface area contributed by atoms with Crippen LogP contribution in [0.15, 0.2) is 0 Å². The third kappa shape index (κ3) is 6.24. The van der Waals surface area contributed by atoms with Gasteiger partial charge in [-0.2, -0.15) is 0 Å². The Hall–Kier alpha value is -0.770. The first kappa shape index (κ1) is 15.3.